The lowest BCUT2D eigenvalue weighted by molar-refractivity contribution is -0.00551. The molecule has 0 aliphatic heterocycles. The number of nitrogens with zero attached hydrogens (tertiary/aromatic N) is 4. The van der Waals surface area contributed by atoms with Crippen molar-refractivity contribution in [2.45, 2.75) is 0 Å². The molecule has 0 radical (unpaired) electrons. The third-order valence-corrected chi connectivity index (χ3v) is 3.53. The average Bonchev–Trinajstić information content (AvgIpc) is 2.24. The molecule has 0 fully saturated rings. The highest BCUT2D eigenvalue weighted by atomic mass is 32.2. The van der Waals surface area contributed by atoms with Gasteiger partial charge < -0.3 is 11.1 Å². The quantitative estimate of drug-likeness (QED) is 0.281. The van der Waals surface area contributed by atoms with E-state index in [2.05, 4.69) is 9.58 Å². The topological polar surface area (TPSA) is 182 Å². The van der Waals surface area contributed by atoms with Crippen LogP contribution in [0.15, 0.2) is 22.0 Å². The van der Waals surface area contributed by atoms with Gasteiger partial charge in [-0.3, -0.25) is 9.11 Å². The van der Waals surface area contributed by atoms with Gasteiger partial charge in [0.25, 0.3) is 0 Å². The molecule has 0 spiro atoms. The van der Waals surface area contributed by atoms with Crippen molar-refractivity contribution in [2.24, 2.45) is 0 Å². The van der Waals surface area contributed by atoms with E-state index in [0.29, 0.717) is 12.2 Å². The van der Waals surface area contributed by atoms with E-state index < -0.39 is 41.5 Å². The first kappa shape index (κ1) is 14.1. The van der Waals surface area contributed by atoms with E-state index in [-0.39, 0.29) is 0 Å². The van der Waals surface area contributed by atoms with E-state index in [1.165, 1.54) is 0 Å². The molecule has 2 N–H and O–H groups in total. The van der Waals surface area contributed by atoms with Crippen LogP contribution in [0, 0.1) is 0 Å². The van der Waals surface area contributed by atoms with E-state index in [1.807, 2.05) is 0 Å². The van der Waals surface area contributed by atoms with E-state index >= 15 is 0 Å². The summed E-state index contributed by atoms with van der Waals surface area (Å²) in [5, 5.41) is 0. The number of rotatable bonds is 2. The second kappa shape index (κ2) is 4.38. The maximum Gasteiger partial charge on any atom is 0.357 e. The van der Waals surface area contributed by atoms with Crippen molar-refractivity contribution in [3.63, 3.8) is 0 Å². The molecule has 0 saturated heterocycles. The molecule has 0 atom stereocenters. The Labute approximate surface area is 101 Å². The van der Waals surface area contributed by atoms with Gasteiger partial charge in [0.15, 0.2) is 9.81 Å². The summed E-state index contributed by atoms with van der Waals surface area (Å²) in [5.41, 5.74) is 15.3. The van der Waals surface area contributed by atoms with Gasteiger partial charge in [-0.15, -0.1) is 0 Å². The van der Waals surface area contributed by atoms with Gasteiger partial charge in [-0.1, -0.05) is 0 Å². The average molecular weight is 292 g/mol. The van der Waals surface area contributed by atoms with Gasteiger partial charge >= 0.3 is 31.7 Å². The Morgan fingerprint density at radius 3 is 1.50 bits per heavy atom. The molecule has 1 aliphatic rings. The van der Waals surface area contributed by atoms with Crippen LogP contribution >= 0.6 is 0 Å². The first-order valence-corrected chi connectivity index (χ1v) is 6.82. The minimum absolute atomic E-state index is 0.541. The molecule has 0 aromatic rings. The van der Waals surface area contributed by atoms with Crippen LogP contribution in [0.1, 0.15) is 0 Å². The zero-order valence-electron chi connectivity index (χ0n) is 8.29. The van der Waals surface area contributed by atoms with Crippen LogP contribution in [0.2, 0.25) is 0 Å². The van der Waals surface area contributed by atoms with Crippen LogP contribution in [0.3, 0.4) is 0 Å². The maximum atomic E-state index is 10.9. The van der Waals surface area contributed by atoms with Crippen molar-refractivity contribution in [1.82, 2.24) is 0 Å². The van der Waals surface area contributed by atoms with Gasteiger partial charge in [-0.2, -0.15) is 26.4 Å². The maximum absolute atomic E-state index is 10.9. The van der Waals surface area contributed by atoms with Crippen LogP contribution in [-0.2, 0) is 20.2 Å². The molecular formula is C6H4N4O6S2. The lowest BCUT2D eigenvalue weighted by atomic mass is 10.1. The van der Waals surface area contributed by atoms with Crippen LogP contribution in [0.5, 0.6) is 0 Å². The summed E-state index contributed by atoms with van der Waals surface area (Å²) < 4.78 is 61.4. The molecule has 10 nitrogen and oxygen atoms in total. The molecule has 1 rings (SSSR count). The monoisotopic (exact) mass is 292 g/mol. The third-order valence-electron chi connectivity index (χ3n) is 1.80. The Balaban J connectivity index is 3.78. The highest BCUT2D eigenvalue weighted by Crippen LogP contribution is 2.20. The van der Waals surface area contributed by atoms with E-state index in [4.69, 9.17) is 20.2 Å². The van der Waals surface area contributed by atoms with E-state index in [0.717, 1.165) is 0 Å². The third kappa shape index (κ3) is 2.65. The molecule has 0 heterocycles. The Bertz CT molecular complexity index is 720. The molecule has 1 aliphatic carbocycles. The Morgan fingerprint density at radius 1 is 0.889 bits per heavy atom. The fourth-order valence-electron chi connectivity index (χ4n) is 1.12. The second-order valence-electron chi connectivity index (χ2n) is 2.94. The molecule has 0 saturated carbocycles. The first-order valence-electron chi connectivity index (χ1n) is 3.94. The Kier molecular flexibility index (Phi) is 3.44. The zero-order chi connectivity index (χ0) is 14.1. The minimum atomic E-state index is -4.96. The zero-order valence-corrected chi connectivity index (χ0v) is 9.92. The lowest BCUT2D eigenvalue weighted by Gasteiger charge is -2.03. The highest BCUT2D eigenvalue weighted by molar-refractivity contribution is 7.93. The van der Waals surface area contributed by atoms with Crippen LogP contribution < -0.4 is 0 Å². The van der Waals surface area contributed by atoms with Gasteiger partial charge in [-0.25, -0.2) is 0 Å². The van der Waals surface area contributed by atoms with Crippen molar-refractivity contribution >= 4 is 31.7 Å². The lowest BCUT2D eigenvalue weighted by Crippen LogP contribution is -2.25. The normalized spacial score (nSPS) is 16.6. The van der Waals surface area contributed by atoms with Crippen LogP contribution in [0.25, 0.3) is 11.1 Å². The van der Waals surface area contributed by atoms with Crippen molar-refractivity contribution in [3.8, 4) is 0 Å². The summed E-state index contributed by atoms with van der Waals surface area (Å²) in [6, 6.07) is 0. The predicted molar refractivity (Wildman–Crippen MR) is 56.5 cm³/mol. The fraction of sp³-hybridized carbons (Fsp3) is 0. The van der Waals surface area contributed by atoms with Crippen LogP contribution in [0.4, 0.5) is 0 Å². The van der Waals surface area contributed by atoms with Gasteiger partial charge in [0.1, 0.15) is 0 Å². The number of allylic oxidation sites excluding steroid dienone is 4. The van der Waals surface area contributed by atoms with Gasteiger partial charge in [0, 0.05) is 0 Å². The van der Waals surface area contributed by atoms with Crippen molar-refractivity contribution in [1.29, 1.82) is 0 Å². The molecule has 0 aromatic carbocycles. The Morgan fingerprint density at radius 2 is 1.28 bits per heavy atom. The molecule has 0 amide bonds. The fourth-order valence-corrected chi connectivity index (χ4v) is 2.51. The number of hydrogen-bond donors (Lipinski definition) is 2. The predicted octanol–water partition coefficient (Wildman–Crippen LogP) is -1.11. The van der Waals surface area contributed by atoms with Gasteiger partial charge in [0.2, 0.25) is 0 Å². The molecule has 0 bridgehead atoms. The van der Waals surface area contributed by atoms with Gasteiger partial charge in [-0.05, 0) is 0 Å². The molecule has 18 heavy (non-hydrogen) atoms. The van der Waals surface area contributed by atoms with Crippen molar-refractivity contribution < 1.29 is 35.5 Å². The van der Waals surface area contributed by atoms with Crippen molar-refractivity contribution in [3.05, 3.63) is 33.0 Å². The summed E-state index contributed by atoms with van der Waals surface area (Å²) in [6.45, 7) is 0. The summed E-state index contributed by atoms with van der Waals surface area (Å²) in [7, 11) is -9.92. The molecule has 0 aromatic heterocycles. The van der Waals surface area contributed by atoms with Crippen LogP contribution in [-0.4, -0.2) is 46.9 Å². The van der Waals surface area contributed by atoms with E-state index in [9.17, 15) is 16.8 Å². The first-order chi connectivity index (χ1) is 8.11. The molecular weight excluding hydrogens is 288 g/mol. The van der Waals surface area contributed by atoms with E-state index in [1.54, 1.807) is 0 Å². The standard InChI is InChI=1S/C6H4N4O6S2/c7-9-3-1-4(17(11,12)13)6(10-8)5(2-3)18(14,15)16/h1-2H,(H,11,12,13)(H,14,15,16). The highest BCUT2D eigenvalue weighted by Gasteiger charge is 2.42. The van der Waals surface area contributed by atoms with Crippen molar-refractivity contribution in [2.75, 3.05) is 0 Å². The van der Waals surface area contributed by atoms with Gasteiger partial charge in [0.05, 0.1) is 12.2 Å². The SMILES string of the molecule is [N-]=[N+]=C1C=C(S(=O)(=O)O)C(=[N+]=[N-])C(S(=O)(=O)O)=C1. The Hall–Kier alpha value is -1.94. The minimum Gasteiger partial charge on any atom is -0.361 e. The molecule has 12 heteroatoms. The number of hydrogen-bond acceptors (Lipinski definition) is 4. The summed E-state index contributed by atoms with van der Waals surface area (Å²) in [6.07, 6.45) is 1.08. The summed E-state index contributed by atoms with van der Waals surface area (Å²) in [5.74, 6) is 0. The second-order valence-corrected chi connectivity index (χ2v) is 5.72. The summed E-state index contributed by atoms with van der Waals surface area (Å²) in [4.78, 5) is 2.61. The summed E-state index contributed by atoms with van der Waals surface area (Å²) >= 11 is 0. The molecule has 96 valence electrons. The largest absolute Gasteiger partial charge is 0.361 e. The smallest absolute Gasteiger partial charge is 0.357 e. The molecule has 0 unspecified atom stereocenters.